The highest BCUT2D eigenvalue weighted by Gasteiger charge is 2.35. The van der Waals surface area contributed by atoms with Crippen LogP contribution in [0.4, 0.5) is 0 Å². The minimum atomic E-state index is -3.74. The van der Waals surface area contributed by atoms with Crippen molar-refractivity contribution >= 4 is 22.1 Å². The van der Waals surface area contributed by atoms with Crippen LogP contribution in [0.2, 0.25) is 0 Å². The Morgan fingerprint density at radius 2 is 2.10 bits per heavy atom. The molecule has 0 aromatic rings. The molecule has 1 aliphatic rings. The number of piperidine rings is 1. The van der Waals surface area contributed by atoms with Crippen molar-refractivity contribution in [3.8, 4) is 0 Å². The van der Waals surface area contributed by atoms with Crippen LogP contribution in [0.15, 0.2) is 0 Å². The van der Waals surface area contributed by atoms with E-state index in [-0.39, 0.29) is 32.1 Å². The lowest BCUT2D eigenvalue weighted by atomic mass is 10.0. The maximum atomic E-state index is 12.3. The summed E-state index contributed by atoms with van der Waals surface area (Å²) < 4.78 is 31.8. The Morgan fingerprint density at radius 1 is 1.43 bits per heavy atom. The summed E-state index contributed by atoms with van der Waals surface area (Å²) in [6.07, 6.45) is 0.921. The fraction of sp³-hybridized carbons (Fsp3) is 0.833. The van der Waals surface area contributed by atoms with E-state index in [0.29, 0.717) is 19.4 Å². The molecule has 1 unspecified atom stereocenters. The van der Waals surface area contributed by atoms with Gasteiger partial charge in [-0.25, -0.2) is 0 Å². The maximum Gasteiger partial charge on any atom is 0.310 e. The SMILES string of the molecule is CCOC(=O)C1CCCN(S(=O)(=O)N(C)CCC(=O)O)C1. The molecule has 0 aliphatic carbocycles. The summed E-state index contributed by atoms with van der Waals surface area (Å²) >= 11 is 0. The number of hydrogen-bond acceptors (Lipinski definition) is 5. The molecule has 122 valence electrons. The smallest absolute Gasteiger partial charge is 0.310 e. The van der Waals surface area contributed by atoms with Gasteiger partial charge in [0, 0.05) is 26.7 Å². The molecule has 1 aliphatic heterocycles. The molecule has 9 heteroatoms. The van der Waals surface area contributed by atoms with Gasteiger partial charge in [0.1, 0.15) is 0 Å². The highest BCUT2D eigenvalue weighted by atomic mass is 32.2. The largest absolute Gasteiger partial charge is 0.481 e. The molecule has 0 bridgehead atoms. The van der Waals surface area contributed by atoms with E-state index in [4.69, 9.17) is 9.84 Å². The average molecular weight is 322 g/mol. The summed E-state index contributed by atoms with van der Waals surface area (Å²) in [6.45, 7) is 2.28. The van der Waals surface area contributed by atoms with Crippen molar-refractivity contribution in [2.24, 2.45) is 5.92 Å². The molecule has 0 saturated carbocycles. The standard InChI is InChI=1S/C12H22N2O6S/c1-3-20-12(17)10-5-4-7-14(9-10)21(18,19)13(2)8-6-11(15)16/h10H,3-9H2,1-2H3,(H,15,16). The van der Waals surface area contributed by atoms with Crippen LogP contribution < -0.4 is 0 Å². The van der Waals surface area contributed by atoms with Crippen molar-refractivity contribution in [3.63, 3.8) is 0 Å². The normalized spacial score (nSPS) is 20.4. The molecule has 0 spiro atoms. The van der Waals surface area contributed by atoms with Crippen LogP contribution in [0.5, 0.6) is 0 Å². The van der Waals surface area contributed by atoms with E-state index in [1.807, 2.05) is 0 Å². The second kappa shape index (κ2) is 7.71. The average Bonchev–Trinajstić information content (AvgIpc) is 2.45. The first-order chi connectivity index (χ1) is 9.78. The third-order valence-electron chi connectivity index (χ3n) is 3.36. The molecular weight excluding hydrogens is 300 g/mol. The number of hydrogen-bond donors (Lipinski definition) is 1. The lowest BCUT2D eigenvalue weighted by Crippen LogP contribution is -2.48. The second-order valence-corrected chi connectivity index (χ2v) is 6.96. The van der Waals surface area contributed by atoms with Crippen LogP contribution in [0, 0.1) is 5.92 Å². The number of carbonyl (C=O) groups excluding carboxylic acids is 1. The zero-order valence-corrected chi connectivity index (χ0v) is 13.1. The van der Waals surface area contributed by atoms with E-state index in [1.54, 1.807) is 6.92 Å². The van der Waals surface area contributed by atoms with Crippen molar-refractivity contribution < 1.29 is 27.9 Å². The third-order valence-corrected chi connectivity index (χ3v) is 5.32. The van der Waals surface area contributed by atoms with Crippen molar-refractivity contribution in [3.05, 3.63) is 0 Å². The number of nitrogens with zero attached hydrogens (tertiary/aromatic N) is 2. The first kappa shape index (κ1) is 17.9. The summed E-state index contributed by atoms with van der Waals surface area (Å²) in [6, 6.07) is 0. The molecule has 0 aromatic carbocycles. The van der Waals surface area contributed by atoms with E-state index in [0.717, 1.165) is 4.31 Å². The molecule has 0 radical (unpaired) electrons. The van der Waals surface area contributed by atoms with Crippen LogP contribution in [-0.4, -0.2) is 67.4 Å². The first-order valence-corrected chi connectivity index (χ1v) is 8.28. The number of aliphatic carboxylic acids is 1. The van der Waals surface area contributed by atoms with Crippen molar-refractivity contribution in [1.82, 2.24) is 8.61 Å². The van der Waals surface area contributed by atoms with Gasteiger partial charge in [-0.15, -0.1) is 0 Å². The first-order valence-electron chi connectivity index (χ1n) is 6.88. The Balaban J connectivity index is 2.69. The predicted molar refractivity (Wildman–Crippen MR) is 74.7 cm³/mol. The van der Waals surface area contributed by atoms with E-state index >= 15 is 0 Å². The third kappa shape index (κ3) is 4.94. The van der Waals surface area contributed by atoms with Crippen LogP contribution in [-0.2, 0) is 24.5 Å². The van der Waals surface area contributed by atoms with E-state index in [2.05, 4.69) is 0 Å². The number of esters is 1. The molecule has 21 heavy (non-hydrogen) atoms. The number of rotatable bonds is 7. The molecule has 0 amide bonds. The van der Waals surface area contributed by atoms with Crippen molar-refractivity contribution in [1.29, 1.82) is 0 Å². The summed E-state index contributed by atoms with van der Waals surface area (Å²) in [7, 11) is -2.40. The molecule has 1 fully saturated rings. The zero-order valence-electron chi connectivity index (χ0n) is 12.3. The predicted octanol–water partition coefficient (Wildman–Crippen LogP) is -0.0872. The number of carbonyl (C=O) groups is 2. The highest BCUT2D eigenvalue weighted by molar-refractivity contribution is 7.86. The summed E-state index contributed by atoms with van der Waals surface area (Å²) in [5.41, 5.74) is 0. The molecule has 8 nitrogen and oxygen atoms in total. The Bertz CT molecular complexity index is 478. The van der Waals surface area contributed by atoms with E-state index < -0.39 is 22.1 Å². The van der Waals surface area contributed by atoms with Crippen molar-refractivity contribution in [2.75, 3.05) is 33.3 Å². The molecular formula is C12H22N2O6S. The molecule has 1 rings (SSSR count). The monoisotopic (exact) mass is 322 g/mol. The number of carboxylic acids is 1. The van der Waals surface area contributed by atoms with Gasteiger partial charge in [0.2, 0.25) is 0 Å². The van der Waals surface area contributed by atoms with Gasteiger partial charge < -0.3 is 9.84 Å². The highest BCUT2D eigenvalue weighted by Crippen LogP contribution is 2.21. The zero-order chi connectivity index (χ0) is 16.0. The van der Waals surface area contributed by atoms with Crippen molar-refractivity contribution in [2.45, 2.75) is 26.2 Å². The lowest BCUT2D eigenvalue weighted by molar-refractivity contribution is -0.149. The van der Waals surface area contributed by atoms with Gasteiger partial charge in [0.15, 0.2) is 0 Å². The maximum absolute atomic E-state index is 12.3. The minimum Gasteiger partial charge on any atom is -0.481 e. The topological polar surface area (TPSA) is 104 Å². The summed E-state index contributed by atoms with van der Waals surface area (Å²) in [5.74, 6) is -1.90. The van der Waals surface area contributed by atoms with Gasteiger partial charge in [-0.1, -0.05) is 0 Å². The number of ether oxygens (including phenoxy) is 1. The molecule has 0 aromatic heterocycles. The lowest BCUT2D eigenvalue weighted by Gasteiger charge is -2.33. The fourth-order valence-electron chi connectivity index (χ4n) is 2.17. The minimum absolute atomic E-state index is 0.0819. The van der Waals surface area contributed by atoms with Crippen LogP contribution in [0.1, 0.15) is 26.2 Å². The van der Waals surface area contributed by atoms with Gasteiger partial charge in [0.25, 0.3) is 10.2 Å². The van der Waals surface area contributed by atoms with Gasteiger partial charge in [0.05, 0.1) is 18.9 Å². The quantitative estimate of drug-likeness (QED) is 0.657. The Hall–Kier alpha value is -1.19. The summed E-state index contributed by atoms with van der Waals surface area (Å²) in [4.78, 5) is 22.2. The van der Waals surface area contributed by atoms with E-state index in [1.165, 1.54) is 11.4 Å². The Morgan fingerprint density at radius 3 is 2.67 bits per heavy atom. The fourth-order valence-corrected chi connectivity index (χ4v) is 3.61. The number of carboxylic acid groups (broad SMARTS) is 1. The van der Waals surface area contributed by atoms with Crippen LogP contribution in [0.3, 0.4) is 0 Å². The van der Waals surface area contributed by atoms with Gasteiger partial charge >= 0.3 is 11.9 Å². The molecule has 1 atom stereocenters. The van der Waals surface area contributed by atoms with Gasteiger partial charge in [-0.05, 0) is 19.8 Å². The molecule has 1 saturated heterocycles. The molecule has 1 N–H and O–H groups in total. The Labute approximate surface area is 124 Å². The van der Waals surface area contributed by atoms with Crippen LogP contribution in [0.25, 0.3) is 0 Å². The van der Waals surface area contributed by atoms with Crippen LogP contribution >= 0.6 is 0 Å². The van der Waals surface area contributed by atoms with Gasteiger partial charge in [-0.2, -0.15) is 17.0 Å². The second-order valence-electron chi connectivity index (χ2n) is 4.92. The van der Waals surface area contributed by atoms with E-state index in [9.17, 15) is 18.0 Å². The Kier molecular flexibility index (Phi) is 6.56. The molecule has 1 heterocycles. The summed E-state index contributed by atoms with van der Waals surface area (Å²) in [5, 5.41) is 8.62. The van der Waals surface area contributed by atoms with Gasteiger partial charge in [-0.3, -0.25) is 9.59 Å².